The highest BCUT2D eigenvalue weighted by molar-refractivity contribution is 7.18. The minimum Gasteiger partial charge on any atom is -0.382 e. The fourth-order valence-electron chi connectivity index (χ4n) is 2.00. The number of aromatic nitrogens is 3. The summed E-state index contributed by atoms with van der Waals surface area (Å²) in [5, 5.41) is 6.91. The van der Waals surface area contributed by atoms with Crippen LogP contribution in [-0.4, -0.2) is 32.5 Å². The normalized spacial score (nSPS) is 15.7. The number of nitrogen functional groups attached to an aromatic ring is 1. The largest absolute Gasteiger partial charge is 0.382 e. The van der Waals surface area contributed by atoms with E-state index in [-0.39, 0.29) is 17.8 Å². The van der Waals surface area contributed by atoms with Gasteiger partial charge in [0.1, 0.15) is 10.7 Å². The number of carbonyl (C=O) groups excluding carboxylic acids is 1. The Kier molecular flexibility index (Phi) is 3.78. The van der Waals surface area contributed by atoms with E-state index >= 15 is 0 Å². The van der Waals surface area contributed by atoms with Gasteiger partial charge in [-0.05, 0) is 19.8 Å². The SMILES string of the molecule is CC(Cn1ccnc1)NC(=O)c1sc(NC2CC2)nc1N. The van der Waals surface area contributed by atoms with Crippen LogP contribution >= 0.6 is 11.3 Å². The van der Waals surface area contributed by atoms with Gasteiger partial charge in [0.15, 0.2) is 5.13 Å². The average molecular weight is 306 g/mol. The molecule has 0 spiro atoms. The molecular weight excluding hydrogens is 288 g/mol. The van der Waals surface area contributed by atoms with Gasteiger partial charge >= 0.3 is 0 Å². The van der Waals surface area contributed by atoms with Crippen LogP contribution in [0.15, 0.2) is 18.7 Å². The van der Waals surface area contributed by atoms with Crippen molar-refractivity contribution in [2.75, 3.05) is 11.1 Å². The van der Waals surface area contributed by atoms with E-state index < -0.39 is 0 Å². The number of hydrogen-bond donors (Lipinski definition) is 3. The van der Waals surface area contributed by atoms with E-state index in [9.17, 15) is 4.79 Å². The molecule has 21 heavy (non-hydrogen) atoms. The van der Waals surface area contributed by atoms with Crippen molar-refractivity contribution < 1.29 is 4.79 Å². The summed E-state index contributed by atoms with van der Waals surface area (Å²) in [5.41, 5.74) is 5.83. The standard InChI is InChI=1S/C13H18N6OS/c1-8(6-19-5-4-15-7-19)16-12(20)10-11(14)18-13(21-10)17-9-2-3-9/h4-5,7-9H,2-3,6,14H2,1H3,(H,16,20)(H,17,18). The molecule has 2 heterocycles. The number of hydrogen-bond acceptors (Lipinski definition) is 6. The number of nitrogens with one attached hydrogen (secondary N) is 2. The van der Waals surface area contributed by atoms with Gasteiger partial charge in [0.2, 0.25) is 0 Å². The van der Waals surface area contributed by atoms with E-state index in [2.05, 4.69) is 20.6 Å². The van der Waals surface area contributed by atoms with Gasteiger partial charge in [0.25, 0.3) is 5.91 Å². The molecule has 0 bridgehead atoms. The zero-order valence-electron chi connectivity index (χ0n) is 11.7. The molecule has 0 aliphatic heterocycles. The molecule has 7 nitrogen and oxygen atoms in total. The lowest BCUT2D eigenvalue weighted by molar-refractivity contribution is 0.0941. The monoisotopic (exact) mass is 306 g/mol. The molecule has 2 aromatic heterocycles. The molecule has 4 N–H and O–H groups in total. The van der Waals surface area contributed by atoms with Crippen molar-refractivity contribution in [1.82, 2.24) is 19.9 Å². The zero-order valence-corrected chi connectivity index (χ0v) is 12.6. The van der Waals surface area contributed by atoms with Crippen molar-refractivity contribution in [2.24, 2.45) is 0 Å². The van der Waals surface area contributed by atoms with Crippen LogP contribution in [0.1, 0.15) is 29.4 Å². The van der Waals surface area contributed by atoms with Crippen LogP contribution in [0.5, 0.6) is 0 Å². The van der Waals surface area contributed by atoms with E-state index in [0.29, 0.717) is 17.5 Å². The lowest BCUT2D eigenvalue weighted by atomic mass is 10.3. The van der Waals surface area contributed by atoms with Crippen molar-refractivity contribution in [2.45, 2.75) is 38.4 Å². The highest BCUT2D eigenvalue weighted by Gasteiger charge is 2.24. The zero-order chi connectivity index (χ0) is 14.8. The van der Waals surface area contributed by atoms with Gasteiger partial charge in [-0.15, -0.1) is 0 Å². The van der Waals surface area contributed by atoms with Crippen molar-refractivity contribution in [3.05, 3.63) is 23.6 Å². The molecule has 0 aromatic carbocycles. The molecule has 0 saturated heterocycles. The van der Waals surface area contributed by atoms with Crippen LogP contribution in [0.25, 0.3) is 0 Å². The quantitative estimate of drug-likeness (QED) is 0.747. The Hall–Kier alpha value is -2.09. The third kappa shape index (κ3) is 3.52. The molecule has 1 unspecified atom stereocenters. The second-order valence-corrected chi connectivity index (χ2v) is 6.29. The van der Waals surface area contributed by atoms with Gasteiger partial charge < -0.3 is 20.9 Å². The highest BCUT2D eigenvalue weighted by atomic mass is 32.1. The van der Waals surface area contributed by atoms with Crippen LogP contribution in [0.4, 0.5) is 10.9 Å². The number of anilines is 2. The van der Waals surface area contributed by atoms with Crippen molar-refractivity contribution in [3.63, 3.8) is 0 Å². The molecular formula is C13H18N6OS. The van der Waals surface area contributed by atoms with Gasteiger partial charge in [-0.3, -0.25) is 4.79 Å². The van der Waals surface area contributed by atoms with Crippen LogP contribution in [-0.2, 0) is 6.54 Å². The first-order chi connectivity index (χ1) is 10.1. The maximum Gasteiger partial charge on any atom is 0.265 e. The Morgan fingerprint density at radius 1 is 1.62 bits per heavy atom. The summed E-state index contributed by atoms with van der Waals surface area (Å²) in [4.78, 5) is 20.9. The Balaban J connectivity index is 1.60. The number of carbonyl (C=O) groups is 1. The van der Waals surface area contributed by atoms with Crippen molar-refractivity contribution in [1.29, 1.82) is 0 Å². The minimum absolute atomic E-state index is 0.0203. The molecule has 1 fully saturated rings. The van der Waals surface area contributed by atoms with Gasteiger partial charge in [0, 0.05) is 31.0 Å². The van der Waals surface area contributed by atoms with E-state index in [1.807, 2.05) is 17.7 Å². The maximum absolute atomic E-state index is 12.2. The van der Waals surface area contributed by atoms with Gasteiger partial charge in [-0.25, -0.2) is 9.97 Å². The molecule has 1 amide bonds. The number of imidazole rings is 1. The summed E-state index contributed by atoms with van der Waals surface area (Å²) in [6.07, 6.45) is 7.61. The van der Waals surface area contributed by atoms with Crippen molar-refractivity contribution >= 4 is 28.2 Å². The van der Waals surface area contributed by atoms with Gasteiger partial charge in [-0.2, -0.15) is 0 Å². The van der Waals surface area contributed by atoms with E-state index in [1.54, 1.807) is 12.5 Å². The van der Waals surface area contributed by atoms with Gasteiger partial charge in [0.05, 0.1) is 6.33 Å². The fraction of sp³-hybridized carbons (Fsp3) is 0.462. The Morgan fingerprint density at radius 2 is 2.43 bits per heavy atom. The Bertz CT molecular complexity index is 619. The summed E-state index contributed by atoms with van der Waals surface area (Å²) in [6, 6.07) is 0.472. The topological polar surface area (TPSA) is 97.9 Å². The Labute approximate surface area is 126 Å². The van der Waals surface area contributed by atoms with E-state index in [1.165, 1.54) is 11.3 Å². The first-order valence-electron chi connectivity index (χ1n) is 6.91. The summed E-state index contributed by atoms with van der Waals surface area (Å²) in [6.45, 7) is 2.61. The molecule has 0 radical (unpaired) electrons. The van der Waals surface area contributed by atoms with Crippen LogP contribution in [0, 0.1) is 0 Å². The maximum atomic E-state index is 12.2. The molecule has 1 atom stereocenters. The predicted octanol–water partition coefficient (Wildman–Crippen LogP) is 1.31. The lowest BCUT2D eigenvalue weighted by Crippen LogP contribution is -2.35. The molecule has 1 aliphatic rings. The first-order valence-corrected chi connectivity index (χ1v) is 7.73. The van der Waals surface area contributed by atoms with Gasteiger partial charge in [-0.1, -0.05) is 11.3 Å². The molecule has 2 aromatic rings. The smallest absolute Gasteiger partial charge is 0.265 e. The molecule has 8 heteroatoms. The highest BCUT2D eigenvalue weighted by Crippen LogP contribution is 2.30. The van der Waals surface area contributed by atoms with E-state index in [4.69, 9.17) is 5.73 Å². The van der Waals surface area contributed by atoms with Crippen molar-refractivity contribution in [3.8, 4) is 0 Å². The predicted molar refractivity (Wildman–Crippen MR) is 82.3 cm³/mol. The summed E-state index contributed by atoms with van der Waals surface area (Å²) >= 11 is 1.31. The Morgan fingerprint density at radius 3 is 3.10 bits per heavy atom. The number of rotatable bonds is 6. The fourth-order valence-corrected chi connectivity index (χ4v) is 2.87. The lowest BCUT2D eigenvalue weighted by Gasteiger charge is -2.13. The molecule has 3 rings (SSSR count). The second-order valence-electron chi connectivity index (χ2n) is 5.29. The number of amides is 1. The van der Waals surface area contributed by atoms with Crippen LogP contribution in [0.3, 0.4) is 0 Å². The molecule has 112 valence electrons. The number of nitrogens with two attached hydrogens (primary N) is 1. The summed E-state index contributed by atoms with van der Waals surface area (Å²) in [5.74, 6) is 0.108. The molecule has 1 aliphatic carbocycles. The minimum atomic E-state index is -0.179. The summed E-state index contributed by atoms with van der Waals surface area (Å²) in [7, 11) is 0. The average Bonchev–Trinajstić information content (AvgIpc) is 2.94. The number of nitrogens with zero attached hydrogens (tertiary/aromatic N) is 3. The van der Waals surface area contributed by atoms with Crippen LogP contribution in [0.2, 0.25) is 0 Å². The second kappa shape index (κ2) is 5.72. The number of thiazole rings is 1. The first kappa shape index (κ1) is 13.9. The van der Waals surface area contributed by atoms with E-state index in [0.717, 1.165) is 18.0 Å². The third-order valence-electron chi connectivity index (χ3n) is 3.19. The third-order valence-corrected chi connectivity index (χ3v) is 4.19. The molecule has 1 saturated carbocycles. The summed E-state index contributed by atoms with van der Waals surface area (Å²) < 4.78 is 1.92. The van der Waals surface area contributed by atoms with Crippen LogP contribution < -0.4 is 16.4 Å².